The predicted octanol–water partition coefficient (Wildman–Crippen LogP) is 8.08. The number of thioether (sulfide) groups is 1. The lowest BCUT2D eigenvalue weighted by molar-refractivity contribution is -0.137. The Labute approximate surface area is 256 Å². The molecular weight excluding hydrogens is 577 g/mol. The van der Waals surface area contributed by atoms with Crippen molar-refractivity contribution in [3.63, 3.8) is 0 Å². The molecule has 0 saturated carbocycles. The summed E-state index contributed by atoms with van der Waals surface area (Å²) in [5, 5.41) is 4.24. The number of alkyl halides is 3. The maximum absolute atomic E-state index is 13.0. The van der Waals surface area contributed by atoms with E-state index in [1.807, 2.05) is 32.9 Å². The predicted molar refractivity (Wildman–Crippen MR) is 167 cm³/mol. The van der Waals surface area contributed by atoms with Crippen molar-refractivity contribution in [2.75, 3.05) is 55.8 Å². The summed E-state index contributed by atoms with van der Waals surface area (Å²) in [4.78, 5) is 21.5. The Balaban J connectivity index is 1.16. The molecule has 234 valence electrons. The van der Waals surface area contributed by atoms with Crippen LogP contribution in [-0.2, 0) is 10.9 Å². The van der Waals surface area contributed by atoms with Crippen LogP contribution in [-0.4, -0.2) is 67.2 Å². The number of benzene rings is 2. The maximum atomic E-state index is 13.0. The summed E-state index contributed by atoms with van der Waals surface area (Å²) in [7, 11) is 1.67. The lowest BCUT2D eigenvalue weighted by Gasteiger charge is -2.37. The van der Waals surface area contributed by atoms with Crippen molar-refractivity contribution in [2.24, 2.45) is 0 Å². The zero-order chi connectivity index (χ0) is 31.0. The van der Waals surface area contributed by atoms with E-state index in [4.69, 9.17) is 9.47 Å². The van der Waals surface area contributed by atoms with Crippen LogP contribution >= 0.6 is 11.8 Å². The number of nitrogens with one attached hydrogen (secondary N) is 1. The minimum atomic E-state index is -4.37. The van der Waals surface area contributed by atoms with Gasteiger partial charge in [0, 0.05) is 61.0 Å². The van der Waals surface area contributed by atoms with E-state index in [2.05, 4.69) is 27.3 Å². The number of amides is 1. The van der Waals surface area contributed by atoms with E-state index in [0.29, 0.717) is 31.7 Å². The van der Waals surface area contributed by atoms with Gasteiger partial charge < -0.3 is 24.6 Å². The third kappa shape index (κ3) is 9.32. The van der Waals surface area contributed by atoms with E-state index >= 15 is 0 Å². The van der Waals surface area contributed by atoms with Crippen molar-refractivity contribution in [1.82, 2.24) is 9.88 Å². The number of carbonyl (C=O) groups excluding carboxylic acids is 1. The first-order valence-corrected chi connectivity index (χ1v) is 15.7. The number of ether oxygens (including phenoxy) is 2. The first-order valence-electron chi connectivity index (χ1n) is 14.7. The Morgan fingerprint density at radius 1 is 0.977 bits per heavy atom. The molecule has 4 rings (SSSR count). The van der Waals surface area contributed by atoms with Gasteiger partial charge in [-0.05, 0) is 69.7 Å². The summed E-state index contributed by atoms with van der Waals surface area (Å²) in [6.07, 6.45) is 1.14. The van der Waals surface area contributed by atoms with Crippen LogP contribution in [0.3, 0.4) is 0 Å². The van der Waals surface area contributed by atoms with E-state index in [1.165, 1.54) is 6.07 Å². The van der Waals surface area contributed by atoms with Gasteiger partial charge in [-0.3, -0.25) is 4.98 Å². The number of hydrogen-bond acceptors (Lipinski definition) is 7. The van der Waals surface area contributed by atoms with E-state index in [0.717, 1.165) is 77.5 Å². The van der Waals surface area contributed by atoms with Gasteiger partial charge in [-0.15, -0.1) is 11.8 Å². The molecule has 0 atom stereocenters. The number of aromatic nitrogens is 1. The molecular formula is C32H41F3N4O3S. The standard InChI is InChI=1S/C32H41F3N4O3S/c1-31(2,3)42-30(40)39-18-16-38(17-19-39)27-12-10-24(22-28(27)41-4)36-14-7-5-6-8-20-43-29-13-15-37-26-21-23(32(33,34)35)9-11-25(26)29/h9-13,15,21-22,36H,5-8,14,16-20H2,1-4H3. The molecule has 2 heterocycles. The van der Waals surface area contributed by atoms with Crippen LogP contribution in [0.5, 0.6) is 5.75 Å². The van der Waals surface area contributed by atoms with Gasteiger partial charge in [0.15, 0.2) is 0 Å². The summed E-state index contributed by atoms with van der Waals surface area (Å²) >= 11 is 1.66. The van der Waals surface area contributed by atoms with E-state index < -0.39 is 17.3 Å². The van der Waals surface area contributed by atoms with Gasteiger partial charge in [-0.2, -0.15) is 13.2 Å². The highest BCUT2D eigenvalue weighted by atomic mass is 32.2. The Morgan fingerprint density at radius 3 is 2.42 bits per heavy atom. The lowest BCUT2D eigenvalue weighted by Crippen LogP contribution is -2.50. The molecule has 1 saturated heterocycles. The van der Waals surface area contributed by atoms with Crippen molar-refractivity contribution in [2.45, 2.75) is 63.1 Å². The van der Waals surface area contributed by atoms with Crippen molar-refractivity contribution in [3.8, 4) is 5.75 Å². The summed E-state index contributed by atoms with van der Waals surface area (Å²) < 4.78 is 50.2. The second-order valence-corrected chi connectivity index (χ2v) is 12.7. The monoisotopic (exact) mass is 618 g/mol. The number of halogens is 3. The van der Waals surface area contributed by atoms with Crippen LogP contribution in [0.4, 0.5) is 29.3 Å². The molecule has 7 nitrogen and oxygen atoms in total. The van der Waals surface area contributed by atoms with E-state index in [1.54, 1.807) is 30.0 Å². The van der Waals surface area contributed by atoms with Gasteiger partial charge in [0.25, 0.3) is 0 Å². The average Bonchev–Trinajstić information content (AvgIpc) is 2.97. The van der Waals surface area contributed by atoms with Crippen molar-refractivity contribution in [3.05, 3.63) is 54.2 Å². The van der Waals surface area contributed by atoms with Crippen molar-refractivity contribution in [1.29, 1.82) is 0 Å². The minimum absolute atomic E-state index is 0.272. The molecule has 1 fully saturated rings. The number of carbonyl (C=O) groups is 1. The fraction of sp³-hybridized carbons (Fsp3) is 0.500. The largest absolute Gasteiger partial charge is 0.495 e. The molecule has 1 N–H and O–H groups in total. The first-order chi connectivity index (χ1) is 20.4. The molecule has 1 aromatic heterocycles. The third-order valence-electron chi connectivity index (χ3n) is 7.14. The Hall–Kier alpha value is -3.34. The maximum Gasteiger partial charge on any atom is 0.416 e. The Bertz CT molecular complexity index is 1370. The number of rotatable bonds is 11. The molecule has 0 aliphatic carbocycles. The molecule has 2 aromatic carbocycles. The lowest BCUT2D eigenvalue weighted by atomic mass is 10.1. The fourth-order valence-electron chi connectivity index (χ4n) is 4.92. The average molecular weight is 619 g/mol. The van der Waals surface area contributed by atoms with Crippen molar-refractivity contribution >= 4 is 40.1 Å². The molecule has 0 spiro atoms. The van der Waals surface area contributed by atoms with Crippen LogP contribution < -0.4 is 15.0 Å². The SMILES string of the molecule is COc1cc(NCCCCCCSc2ccnc3cc(C(F)(F)F)ccc23)ccc1N1CCN(C(=O)OC(C)(C)C)CC1. The van der Waals surface area contributed by atoms with Gasteiger partial charge in [0.1, 0.15) is 11.4 Å². The second kappa shape index (κ2) is 14.4. The molecule has 0 bridgehead atoms. The topological polar surface area (TPSA) is 66.9 Å². The summed E-state index contributed by atoms with van der Waals surface area (Å²) in [6, 6.07) is 11.8. The highest BCUT2D eigenvalue weighted by molar-refractivity contribution is 7.99. The third-order valence-corrected chi connectivity index (χ3v) is 8.30. The first kappa shape index (κ1) is 32.6. The molecule has 0 unspecified atom stereocenters. The fourth-order valence-corrected chi connectivity index (χ4v) is 5.98. The summed E-state index contributed by atoms with van der Waals surface area (Å²) in [5.74, 6) is 1.70. The summed E-state index contributed by atoms with van der Waals surface area (Å²) in [6.45, 7) is 9.07. The van der Waals surface area contributed by atoms with Gasteiger partial charge in [-0.25, -0.2) is 4.79 Å². The molecule has 1 aliphatic heterocycles. The van der Waals surface area contributed by atoms with Gasteiger partial charge in [0.05, 0.1) is 23.9 Å². The van der Waals surface area contributed by atoms with Crippen LogP contribution in [0.2, 0.25) is 0 Å². The van der Waals surface area contributed by atoms with E-state index in [-0.39, 0.29) is 6.09 Å². The number of anilines is 2. The number of pyridine rings is 1. The number of piperazine rings is 1. The summed E-state index contributed by atoms with van der Waals surface area (Å²) in [5.41, 5.74) is 1.21. The highest BCUT2D eigenvalue weighted by Gasteiger charge is 2.31. The van der Waals surface area contributed by atoms with E-state index in [9.17, 15) is 18.0 Å². The molecule has 1 aliphatic rings. The molecule has 11 heteroatoms. The second-order valence-electron chi connectivity index (χ2n) is 11.6. The molecule has 43 heavy (non-hydrogen) atoms. The number of nitrogens with zero attached hydrogens (tertiary/aromatic N) is 3. The smallest absolute Gasteiger partial charge is 0.416 e. The Kier molecular flexibility index (Phi) is 10.9. The molecule has 1 amide bonds. The quantitative estimate of drug-likeness (QED) is 0.172. The highest BCUT2D eigenvalue weighted by Crippen LogP contribution is 2.34. The number of methoxy groups -OCH3 is 1. The normalized spacial score (nSPS) is 14.2. The van der Waals surface area contributed by atoms with Gasteiger partial charge >= 0.3 is 12.3 Å². The van der Waals surface area contributed by atoms with Crippen LogP contribution in [0.1, 0.15) is 52.0 Å². The zero-order valence-electron chi connectivity index (χ0n) is 25.3. The van der Waals surface area contributed by atoms with Crippen LogP contribution in [0.15, 0.2) is 53.6 Å². The van der Waals surface area contributed by atoms with Crippen LogP contribution in [0.25, 0.3) is 10.9 Å². The van der Waals surface area contributed by atoms with Crippen molar-refractivity contribution < 1.29 is 27.4 Å². The Morgan fingerprint density at radius 2 is 1.72 bits per heavy atom. The number of hydrogen-bond donors (Lipinski definition) is 1. The number of fused-ring (bicyclic) bond motifs is 1. The minimum Gasteiger partial charge on any atom is -0.495 e. The molecule has 3 aromatic rings. The number of unbranched alkanes of at least 4 members (excludes halogenated alkanes) is 3. The van der Waals surface area contributed by atoms with Gasteiger partial charge in [0.2, 0.25) is 0 Å². The van der Waals surface area contributed by atoms with Crippen LogP contribution in [0, 0.1) is 0 Å². The zero-order valence-corrected chi connectivity index (χ0v) is 26.1. The molecule has 0 radical (unpaired) electrons. The van der Waals surface area contributed by atoms with Gasteiger partial charge in [-0.1, -0.05) is 18.9 Å².